The van der Waals surface area contributed by atoms with Crippen LogP contribution in [0.2, 0.25) is 0 Å². The van der Waals surface area contributed by atoms with Crippen molar-refractivity contribution in [3.05, 3.63) is 24.3 Å². The highest BCUT2D eigenvalue weighted by Gasteiger charge is 1.95. The van der Waals surface area contributed by atoms with Crippen LogP contribution in [0.3, 0.4) is 0 Å². The van der Waals surface area contributed by atoms with Crippen LogP contribution in [0, 0.1) is 5.95 Å². The summed E-state index contributed by atoms with van der Waals surface area (Å²) in [6.07, 6.45) is 1.88. The number of nitrogens with zero attached hydrogens (tertiary/aromatic N) is 1. The summed E-state index contributed by atoms with van der Waals surface area (Å²) in [6.45, 7) is 0.466. The van der Waals surface area contributed by atoms with Crippen LogP contribution in [0.1, 0.15) is 6.42 Å². The van der Waals surface area contributed by atoms with Crippen LogP contribution in [-0.2, 0) is 0 Å². The second-order valence-electron chi connectivity index (χ2n) is 2.24. The van der Waals surface area contributed by atoms with Crippen LogP contribution < -0.4 is 4.74 Å². The molecule has 12 heavy (non-hydrogen) atoms. The molecule has 4 heteroatoms. The molecule has 0 aliphatic rings. The van der Waals surface area contributed by atoms with Crippen molar-refractivity contribution >= 4 is 0 Å². The van der Waals surface area contributed by atoms with E-state index in [2.05, 4.69) is 4.98 Å². The van der Waals surface area contributed by atoms with E-state index >= 15 is 0 Å². The molecular weight excluding hydrogens is 161 g/mol. The van der Waals surface area contributed by atoms with Gasteiger partial charge in [-0.25, -0.2) is 4.98 Å². The van der Waals surface area contributed by atoms with Gasteiger partial charge < -0.3 is 9.84 Å². The number of hydrogen-bond donors (Lipinski definition) is 1. The van der Waals surface area contributed by atoms with E-state index in [1.165, 1.54) is 12.3 Å². The smallest absolute Gasteiger partial charge is 0.216 e. The Bertz CT molecular complexity index is 242. The third kappa shape index (κ3) is 2.84. The number of halogens is 1. The fraction of sp³-hybridized carbons (Fsp3) is 0.375. The summed E-state index contributed by atoms with van der Waals surface area (Å²) in [5.41, 5.74) is 0. The second-order valence-corrected chi connectivity index (χ2v) is 2.24. The monoisotopic (exact) mass is 171 g/mol. The maximum Gasteiger partial charge on any atom is 0.216 e. The average molecular weight is 171 g/mol. The van der Waals surface area contributed by atoms with Gasteiger partial charge >= 0.3 is 0 Å². The minimum absolute atomic E-state index is 0.0770. The topological polar surface area (TPSA) is 42.4 Å². The molecular formula is C8H10FNO2. The fourth-order valence-electron chi connectivity index (χ4n) is 0.729. The van der Waals surface area contributed by atoms with Gasteiger partial charge in [0.25, 0.3) is 0 Å². The molecule has 0 fully saturated rings. The highest BCUT2D eigenvalue weighted by molar-refractivity contribution is 5.17. The molecule has 0 atom stereocenters. The maximum atomic E-state index is 12.4. The number of aliphatic hydroxyl groups excluding tert-OH is 1. The van der Waals surface area contributed by atoms with Gasteiger partial charge in [0.15, 0.2) is 0 Å². The van der Waals surface area contributed by atoms with Crippen LogP contribution in [0.5, 0.6) is 5.75 Å². The van der Waals surface area contributed by atoms with E-state index in [1.54, 1.807) is 6.07 Å². The third-order valence-electron chi connectivity index (χ3n) is 1.27. The van der Waals surface area contributed by atoms with E-state index in [9.17, 15) is 4.39 Å². The SMILES string of the molecule is OCCCOc1ccnc(F)c1. The Kier molecular flexibility index (Phi) is 3.47. The Labute approximate surface area is 69.8 Å². The highest BCUT2D eigenvalue weighted by atomic mass is 19.1. The van der Waals surface area contributed by atoms with E-state index in [4.69, 9.17) is 9.84 Å². The minimum atomic E-state index is -0.559. The van der Waals surface area contributed by atoms with Crippen molar-refractivity contribution < 1.29 is 14.2 Å². The lowest BCUT2D eigenvalue weighted by molar-refractivity contribution is 0.233. The summed E-state index contributed by atoms with van der Waals surface area (Å²) >= 11 is 0. The van der Waals surface area contributed by atoms with Gasteiger partial charge in [-0.2, -0.15) is 4.39 Å². The van der Waals surface area contributed by atoms with Crippen LogP contribution in [0.25, 0.3) is 0 Å². The Balaban J connectivity index is 2.41. The predicted octanol–water partition coefficient (Wildman–Crippen LogP) is 0.982. The molecule has 0 amide bonds. The van der Waals surface area contributed by atoms with E-state index in [0.717, 1.165) is 0 Å². The molecule has 3 nitrogen and oxygen atoms in total. The summed E-state index contributed by atoms with van der Waals surface area (Å²) in [6, 6.07) is 2.78. The van der Waals surface area contributed by atoms with E-state index in [0.29, 0.717) is 18.8 Å². The zero-order chi connectivity index (χ0) is 8.81. The summed E-state index contributed by atoms with van der Waals surface area (Å²) in [7, 11) is 0. The minimum Gasteiger partial charge on any atom is -0.493 e. The highest BCUT2D eigenvalue weighted by Crippen LogP contribution is 2.09. The Hall–Kier alpha value is -1.16. The van der Waals surface area contributed by atoms with Crippen molar-refractivity contribution in [2.45, 2.75) is 6.42 Å². The van der Waals surface area contributed by atoms with Crippen molar-refractivity contribution in [3.63, 3.8) is 0 Å². The lowest BCUT2D eigenvalue weighted by Gasteiger charge is -2.03. The first-order valence-electron chi connectivity index (χ1n) is 3.68. The molecule has 0 aliphatic carbocycles. The summed E-state index contributed by atoms with van der Waals surface area (Å²) in [5.74, 6) is -0.118. The quantitative estimate of drug-likeness (QED) is 0.542. The largest absolute Gasteiger partial charge is 0.493 e. The van der Waals surface area contributed by atoms with Crippen molar-refractivity contribution in [1.29, 1.82) is 0 Å². The van der Waals surface area contributed by atoms with Gasteiger partial charge in [-0.05, 0) is 6.07 Å². The molecule has 1 aromatic rings. The molecule has 1 heterocycles. The lowest BCUT2D eigenvalue weighted by Crippen LogP contribution is -2.00. The normalized spacial score (nSPS) is 9.83. The van der Waals surface area contributed by atoms with E-state index in [1.807, 2.05) is 0 Å². The molecule has 0 radical (unpaired) electrons. The predicted molar refractivity (Wildman–Crippen MR) is 41.4 cm³/mol. The van der Waals surface area contributed by atoms with Crippen molar-refractivity contribution in [2.75, 3.05) is 13.2 Å². The lowest BCUT2D eigenvalue weighted by atomic mass is 10.4. The fourth-order valence-corrected chi connectivity index (χ4v) is 0.729. The molecule has 66 valence electrons. The Morgan fingerprint density at radius 2 is 2.42 bits per heavy atom. The Morgan fingerprint density at radius 1 is 1.58 bits per heavy atom. The van der Waals surface area contributed by atoms with Crippen LogP contribution in [0.15, 0.2) is 18.3 Å². The molecule has 0 spiro atoms. The molecule has 0 aliphatic heterocycles. The van der Waals surface area contributed by atoms with Crippen LogP contribution in [-0.4, -0.2) is 23.3 Å². The number of rotatable bonds is 4. The summed E-state index contributed by atoms with van der Waals surface area (Å²) in [5, 5.41) is 8.43. The number of aromatic nitrogens is 1. The Morgan fingerprint density at radius 3 is 3.08 bits per heavy atom. The molecule has 0 aromatic carbocycles. The first-order chi connectivity index (χ1) is 5.83. The molecule has 1 N–H and O–H groups in total. The number of hydrogen-bond acceptors (Lipinski definition) is 3. The summed E-state index contributed by atoms with van der Waals surface area (Å²) < 4.78 is 17.5. The van der Waals surface area contributed by atoms with Gasteiger partial charge in [0.2, 0.25) is 5.95 Å². The molecule has 0 saturated carbocycles. The van der Waals surface area contributed by atoms with Gasteiger partial charge in [-0.3, -0.25) is 0 Å². The first kappa shape index (κ1) is 8.93. The van der Waals surface area contributed by atoms with Crippen LogP contribution in [0.4, 0.5) is 4.39 Å². The average Bonchev–Trinajstić information content (AvgIpc) is 2.05. The summed E-state index contributed by atoms with van der Waals surface area (Å²) in [4.78, 5) is 3.37. The van der Waals surface area contributed by atoms with E-state index < -0.39 is 5.95 Å². The maximum absolute atomic E-state index is 12.4. The van der Waals surface area contributed by atoms with Crippen molar-refractivity contribution in [3.8, 4) is 5.75 Å². The zero-order valence-electron chi connectivity index (χ0n) is 6.53. The number of ether oxygens (including phenoxy) is 1. The molecule has 1 rings (SSSR count). The van der Waals surface area contributed by atoms with E-state index in [-0.39, 0.29) is 6.61 Å². The molecule has 0 bridgehead atoms. The first-order valence-corrected chi connectivity index (χ1v) is 3.68. The van der Waals surface area contributed by atoms with Crippen LogP contribution >= 0.6 is 0 Å². The van der Waals surface area contributed by atoms with Crippen molar-refractivity contribution in [1.82, 2.24) is 4.98 Å². The van der Waals surface area contributed by atoms with Gasteiger partial charge in [0.1, 0.15) is 5.75 Å². The van der Waals surface area contributed by atoms with Gasteiger partial charge in [-0.15, -0.1) is 0 Å². The molecule has 0 unspecified atom stereocenters. The second kappa shape index (κ2) is 4.66. The van der Waals surface area contributed by atoms with Gasteiger partial charge in [0.05, 0.1) is 6.61 Å². The molecule has 0 saturated heterocycles. The number of aliphatic hydroxyl groups is 1. The standard InChI is InChI=1S/C8H10FNO2/c9-8-6-7(2-3-10-8)12-5-1-4-11/h2-3,6,11H,1,4-5H2. The molecule has 1 aromatic heterocycles. The third-order valence-corrected chi connectivity index (χ3v) is 1.27. The van der Waals surface area contributed by atoms with Gasteiger partial charge in [0, 0.05) is 25.3 Å². The van der Waals surface area contributed by atoms with Crippen molar-refractivity contribution in [2.24, 2.45) is 0 Å². The van der Waals surface area contributed by atoms with Gasteiger partial charge in [-0.1, -0.05) is 0 Å². The zero-order valence-corrected chi connectivity index (χ0v) is 6.53. The number of pyridine rings is 1.